The summed E-state index contributed by atoms with van der Waals surface area (Å²) in [5, 5.41) is 0. The first kappa shape index (κ1) is 15.2. The molecule has 1 fully saturated rings. The first-order chi connectivity index (χ1) is 9.78. The molecular weight excluding hydrogens is 270 g/mol. The zero-order valence-corrected chi connectivity index (χ0v) is 12.8. The average molecular weight is 291 g/mol. The van der Waals surface area contributed by atoms with Crippen LogP contribution in [0.5, 0.6) is 5.75 Å². The monoisotopic (exact) mass is 291 g/mol. The van der Waals surface area contributed by atoms with Crippen LogP contribution in [0.1, 0.15) is 24.2 Å². The van der Waals surface area contributed by atoms with Crippen LogP contribution < -0.4 is 10.5 Å². The molecule has 2 N–H and O–H groups in total. The normalized spacial score (nSPS) is 17.8. The number of anilines is 1. The Bertz CT molecular complexity index is 584. The lowest BCUT2D eigenvalue weighted by atomic mass is 9.96. The van der Waals surface area contributed by atoms with Gasteiger partial charge in [-0.1, -0.05) is 0 Å². The van der Waals surface area contributed by atoms with E-state index < -0.39 is 5.54 Å². The molecule has 1 aromatic carbocycles. The summed E-state index contributed by atoms with van der Waals surface area (Å²) < 4.78 is 5.08. The summed E-state index contributed by atoms with van der Waals surface area (Å²) in [6.45, 7) is 4.51. The fourth-order valence-corrected chi connectivity index (χ4v) is 2.58. The van der Waals surface area contributed by atoms with Gasteiger partial charge in [0.15, 0.2) is 0 Å². The van der Waals surface area contributed by atoms with E-state index in [4.69, 9.17) is 10.5 Å². The molecule has 0 aromatic heterocycles. The van der Waals surface area contributed by atoms with Gasteiger partial charge in [0, 0.05) is 31.9 Å². The molecule has 2 amide bonds. The Morgan fingerprint density at radius 3 is 2.57 bits per heavy atom. The van der Waals surface area contributed by atoms with Crippen molar-refractivity contribution in [3.63, 3.8) is 0 Å². The van der Waals surface area contributed by atoms with E-state index in [9.17, 15) is 9.59 Å². The number of methoxy groups -OCH3 is 1. The van der Waals surface area contributed by atoms with Crippen LogP contribution in [0.2, 0.25) is 0 Å². The number of carbonyl (C=O) groups excluding carboxylic acids is 2. The highest BCUT2D eigenvalue weighted by atomic mass is 16.5. The average Bonchev–Trinajstić information content (AvgIpc) is 2.44. The molecular formula is C15H21N3O3. The number of likely N-dealkylation sites (N-methyl/N-ethyl adjacent to an activating group) is 1. The van der Waals surface area contributed by atoms with Crippen LogP contribution in [0.3, 0.4) is 0 Å². The van der Waals surface area contributed by atoms with Crippen LogP contribution in [0.4, 0.5) is 5.69 Å². The molecule has 0 saturated carbocycles. The van der Waals surface area contributed by atoms with Gasteiger partial charge in [0.25, 0.3) is 5.91 Å². The van der Waals surface area contributed by atoms with Crippen molar-refractivity contribution in [3.8, 4) is 5.75 Å². The first-order valence-corrected chi connectivity index (χ1v) is 6.80. The summed E-state index contributed by atoms with van der Waals surface area (Å²) in [7, 11) is 3.28. The van der Waals surface area contributed by atoms with Crippen molar-refractivity contribution < 1.29 is 14.3 Å². The molecule has 2 rings (SSSR count). The van der Waals surface area contributed by atoms with Gasteiger partial charge in [-0.15, -0.1) is 0 Å². The van der Waals surface area contributed by atoms with Crippen molar-refractivity contribution in [2.45, 2.75) is 19.4 Å². The fourth-order valence-electron chi connectivity index (χ4n) is 2.58. The molecule has 6 nitrogen and oxygen atoms in total. The van der Waals surface area contributed by atoms with E-state index in [1.807, 2.05) is 0 Å². The van der Waals surface area contributed by atoms with E-state index in [1.54, 1.807) is 56.0 Å². The number of benzene rings is 1. The lowest BCUT2D eigenvalue weighted by Crippen LogP contribution is -2.63. The maximum absolute atomic E-state index is 12.7. The predicted octanol–water partition coefficient (Wildman–Crippen LogP) is 0.970. The summed E-state index contributed by atoms with van der Waals surface area (Å²) >= 11 is 0. The lowest BCUT2D eigenvalue weighted by Gasteiger charge is -2.44. The van der Waals surface area contributed by atoms with Gasteiger partial charge in [-0.3, -0.25) is 9.59 Å². The predicted molar refractivity (Wildman–Crippen MR) is 80.2 cm³/mol. The SMILES string of the molecule is COc1ccc(C(=O)N2CCN(C)C(=O)C2(C)C)c(N)c1. The molecule has 0 atom stereocenters. The maximum atomic E-state index is 12.7. The third-order valence-corrected chi connectivity index (χ3v) is 3.94. The molecule has 0 aliphatic carbocycles. The number of rotatable bonds is 2. The van der Waals surface area contributed by atoms with E-state index in [-0.39, 0.29) is 11.8 Å². The van der Waals surface area contributed by atoms with Gasteiger partial charge in [-0.25, -0.2) is 0 Å². The van der Waals surface area contributed by atoms with E-state index in [2.05, 4.69) is 0 Å². The molecule has 1 aliphatic heterocycles. The standard InChI is InChI=1S/C15H21N3O3/c1-15(2)14(20)17(3)7-8-18(15)13(19)11-6-5-10(21-4)9-12(11)16/h5-6,9H,7-8,16H2,1-4H3. The van der Waals surface area contributed by atoms with Gasteiger partial charge in [0.05, 0.1) is 12.7 Å². The van der Waals surface area contributed by atoms with Gasteiger partial charge < -0.3 is 20.3 Å². The van der Waals surface area contributed by atoms with Gasteiger partial charge in [-0.2, -0.15) is 0 Å². The number of hydrogen-bond donors (Lipinski definition) is 1. The minimum Gasteiger partial charge on any atom is -0.497 e. The molecule has 1 aromatic rings. The van der Waals surface area contributed by atoms with E-state index >= 15 is 0 Å². The second-order valence-corrected chi connectivity index (χ2v) is 5.70. The third-order valence-electron chi connectivity index (χ3n) is 3.94. The molecule has 0 unspecified atom stereocenters. The van der Waals surface area contributed by atoms with Crippen LogP contribution in [0.25, 0.3) is 0 Å². The maximum Gasteiger partial charge on any atom is 0.256 e. The Labute approximate surface area is 124 Å². The fraction of sp³-hybridized carbons (Fsp3) is 0.467. The van der Waals surface area contributed by atoms with Crippen molar-refractivity contribution in [1.82, 2.24) is 9.80 Å². The summed E-state index contributed by atoms with van der Waals surface area (Å²) in [5.41, 5.74) is 5.79. The van der Waals surface area contributed by atoms with Crippen molar-refractivity contribution in [2.24, 2.45) is 0 Å². The molecule has 0 bridgehead atoms. The highest BCUT2D eigenvalue weighted by Crippen LogP contribution is 2.27. The van der Waals surface area contributed by atoms with Crippen LogP contribution in [0.15, 0.2) is 18.2 Å². The molecule has 6 heteroatoms. The summed E-state index contributed by atoms with van der Waals surface area (Å²) in [6, 6.07) is 4.93. The van der Waals surface area contributed by atoms with Gasteiger partial charge in [0.2, 0.25) is 5.91 Å². The van der Waals surface area contributed by atoms with E-state index in [1.165, 1.54) is 0 Å². The third kappa shape index (κ3) is 2.53. The van der Waals surface area contributed by atoms with E-state index in [0.29, 0.717) is 30.1 Å². The molecule has 21 heavy (non-hydrogen) atoms. The Morgan fingerprint density at radius 1 is 1.33 bits per heavy atom. The molecule has 1 heterocycles. The quantitative estimate of drug-likeness (QED) is 0.824. The van der Waals surface area contributed by atoms with Crippen molar-refractivity contribution in [2.75, 3.05) is 33.0 Å². The van der Waals surface area contributed by atoms with E-state index in [0.717, 1.165) is 0 Å². The topological polar surface area (TPSA) is 75.9 Å². The minimum absolute atomic E-state index is 0.0748. The Hall–Kier alpha value is -2.24. The minimum atomic E-state index is -0.879. The Balaban J connectivity index is 2.34. The molecule has 1 aliphatic rings. The Kier molecular flexibility index (Phi) is 3.80. The lowest BCUT2D eigenvalue weighted by molar-refractivity contribution is -0.144. The number of piperazine rings is 1. The number of ether oxygens (including phenoxy) is 1. The first-order valence-electron chi connectivity index (χ1n) is 6.80. The van der Waals surface area contributed by atoms with Crippen molar-refractivity contribution >= 4 is 17.5 Å². The molecule has 0 spiro atoms. The highest BCUT2D eigenvalue weighted by Gasteiger charge is 2.43. The molecule has 0 radical (unpaired) electrons. The number of amides is 2. The van der Waals surface area contributed by atoms with Crippen molar-refractivity contribution in [1.29, 1.82) is 0 Å². The number of hydrogen-bond acceptors (Lipinski definition) is 4. The van der Waals surface area contributed by atoms with Crippen LogP contribution in [0, 0.1) is 0 Å². The summed E-state index contributed by atoms with van der Waals surface area (Å²) in [6.07, 6.45) is 0. The van der Waals surface area contributed by atoms with Crippen LogP contribution >= 0.6 is 0 Å². The van der Waals surface area contributed by atoms with Crippen molar-refractivity contribution in [3.05, 3.63) is 23.8 Å². The van der Waals surface area contributed by atoms with Crippen LogP contribution in [-0.4, -0.2) is 54.4 Å². The number of nitrogen functional groups attached to an aromatic ring is 1. The highest BCUT2D eigenvalue weighted by molar-refractivity contribution is 6.03. The molecule has 114 valence electrons. The zero-order chi connectivity index (χ0) is 15.8. The van der Waals surface area contributed by atoms with Gasteiger partial charge in [0.1, 0.15) is 11.3 Å². The smallest absolute Gasteiger partial charge is 0.256 e. The zero-order valence-electron chi connectivity index (χ0n) is 12.8. The Morgan fingerprint density at radius 2 is 2.00 bits per heavy atom. The summed E-state index contributed by atoms with van der Waals surface area (Å²) in [5.74, 6) is 0.286. The van der Waals surface area contributed by atoms with Gasteiger partial charge in [-0.05, 0) is 26.0 Å². The second-order valence-electron chi connectivity index (χ2n) is 5.70. The number of carbonyl (C=O) groups is 2. The van der Waals surface area contributed by atoms with Crippen LogP contribution in [-0.2, 0) is 4.79 Å². The summed E-state index contributed by atoms with van der Waals surface area (Å²) in [4.78, 5) is 28.2. The number of nitrogens with two attached hydrogens (primary N) is 1. The number of nitrogens with zero attached hydrogens (tertiary/aromatic N) is 2. The molecule has 1 saturated heterocycles. The van der Waals surface area contributed by atoms with Gasteiger partial charge >= 0.3 is 0 Å². The largest absolute Gasteiger partial charge is 0.497 e. The second kappa shape index (κ2) is 5.27.